The summed E-state index contributed by atoms with van der Waals surface area (Å²) in [5.74, 6) is 0.814. The molecule has 2 rings (SSSR count). The van der Waals surface area contributed by atoms with Crippen molar-refractivity contribution in [1.29, 1.82) is 0 Å². The molecule has 2 nitrogen and oxygen atoms in total. The summed E-state index contributed by atoms with van der Waals surface area (Å²) < 4.78 is 0. The second-order valence-electron chi connectivity index (χ2n) is 4.85. The van der Waals surface area contributed by atoms with Crippen LogP contribution in [-0.2, 0) is 6.54 Å². The smallest absolute Gasteiger partial charge is 0.0233 e. The minimum atomic E-state index is 0.640. The van der Waals surface area contributed by atoms with E-state index in [2.05, 4.69) is 54.5 Å². The summed E-state index contributed by atoms with van der Waals surface area (Å²) in [6.07, 6.45) is 1.33. The van der Waals surface area contributed by atoms with Gasteiger partial charge in [0.1, 0.15) is 0 Å². The normalized spacial score (nSPS) is 23.5. The summed E-state index contributed by atoms with van der Waals surface area (Å²) in [6, 6.07) is 11.4. The minimum absolute atomic E-state index is 0.640. The molecular weight excluding hydrogens is 196 g/mol. The van der Waals surface area contributed by atoms with Crippen molar-refractivity contribution in [3.63, 3.8) is 0 Å². The first-order valence-corrected chi connectivity index (χ1v) is 6.23. The molecule has 1 N–H and O–H groups in total. The Morgan fingerprint density at radius 3 is 2.81 bits per heavy atom. The molecule has 0 saturated carbocycles. The van der Waals surface area contributed by atoms with Crippen molar-refractivity contribution in [2.75, 3.05) is 20.1 Å². The zero-order chi connectivity index (χ0) is 11.4. The maximum absolute atomic E-state index is 3.36. The summed E-state index contributed by atoms with van der Waals surface area (Å²) in [7, 11) is 2.06. The Hall–Kier alpha value is -0.860. The molecule has 1 fully saturated rings. The number of nitrogens with zero attached hydrogens (tertiary/aromatic N) is 1. The van der Waals surface area contributed by atoms with Crippen molar-refractivity contribution in [3.05, 3.63) is 35.9 Å². The maximum atomic E-state index is 3.36. The lowest BCUT2D eigenvalue weighted by Gasteiger charge is -2.20. The minimum Gasteiger partial charge on any atom is -0.317 e. The van der Waals surface area contributed by atoms with E-state index < -0.39 is 0 Å². The molecule has 1 aliphatic heterocycles. The quantitative estimate of drug-likeness (QED) is 0.832. The molecule has 1 heterocycles. The van der Waals surface area contributed by atoms with Crippen LogP contribution in [0.5, 0.6) is 0 Å². The summed E-state index contributed by atoms with van der Waals surface area (Å²) >= 11 is 0. The van der Waals surface area contributed by atoms with Gasteiger partial charge in [0, 0.05) is 19.1 Å². The van der Waals surface area contributed by atoms with E-state index in [4.69, 9.17) is 0 Å². The van der Waals surface area contributed by atoms with Gasteiger partial charge < -0.3 is 5.32 Å². The highest BCUT2D eigenvalue weighted by molar-refractivity contribution is 5.14. The Morgan fingerprint density at radius 2 is 2.12 bits per heavy atom. The maximum Gasteiger partial charge on any atom is 0.0233 e. The second-order valence-corrected chi connectivity index (χ2v) is 4.85. The zero-order valence-corrected chi connectivity index (χ0v) is 10.3. The first kappa shape index (κ1) is 11.6. The number of nitrogens with one attached hydrogen (secondary N) is 1. The molecule has 1 saturated heterocycles. The summed E-state index contributed by atoms with van der Waals surface area (Å²) in [5.41, 5.74) is 1.43. The first-order valence-electron chi connectivity index (χ1n) is 6.23. The van der Waals surface area contributed by atoms with Gasteiger partial charge in [-0.15, -0.1) is 0 Å². The number of hydrogen-bond acceptors (Lipinski definition) is 2. The lowest BCUT2D eigenvalue weighted by Crippen LogP contribution is -2.32. The molecule has 1 aromatic carbocycles. The monoisotopic (exact) mass is 218 g/mol. The summed E-state index contributed by atoms with van der Waals surface area (Å²) in [4.78, 5) is 2.56. The molecule has 2 unspecified atom stereocenters. The van der Waals surface area contributed by atoms with Gasteiger partial charge in [-0.1, -0.05) is 30.3 Å². The predicted molar refractivity (Wildman–Crippen MR) is 68.3 cm³/mol. The standard InChI is InChI=1S/C14H22N2/c1-12(15-2)14-8-9-16(11-14)10-13-6-4-3-5-7-13/h3-7,12,14-15H,8-11H2,1-2H3. The van der Waals surface area contributed by atoms with Crippen LogP contribution >= 0.6 is 0 Å². The fraction of sp³-hybridized carbons (Fsp3) is 0.571. The molecule has 0 aliphatic carbocycles. The van der Waals surface area contributed by atoms with Gasteiger partial charge in [0.2, 0.25) is 0 Å². The molecule has 0 aromatic heterocycles. The van der Waals surface area contributed by atoms with Crippen LogP contribution in [0.4, 0.5) is 0 Å². The SMILES string of the molecule is CNC(C)C1CCN(Cc2ccccc2)C1. The highest BCUT2D eigenvalue weighted by Gasteiger charge is 2.25. The molecule has 1 aliphatic rings. The van der Waals surface area contributed by atoms with Gasteiger partial charge in [-0.2, -0.15) is 0 Å². The van der Waals surface area contributed by atoms with Gasteiger partial charge in [-0.05, 0) is 38.4 Å². The largest absolute Gasteiger partial charge is 0.317 e. The van der Waals surface area contributed by atoms with Crippen LogP contribution in [0.15, 0.2) is 30.3 Å². The van der Waals surface area contributed by atoms with E-state index in [1.807, 2.05) is 0 Å². The summed E-state index contributed by atoms with van der Waals surface area (Å²) in [5, 5.41) is 3.36. The molecule has 0 amide bonds. The van der Waals surface area contributed by atoms with Crippen LogP contribution in [0.25, 0.3) is 0 Å². The van der Waals surface area contributed by atoms with Gasteiger partial charge in [-0.3, -0.25) is 4.90 Å². The van der Waals surface area contributed by atoms with Crippen molar-refractivity contribution in [2.45, 2.75) is 25.9 Å². The van der Waals surface area contributed by atoms with Crippen molar-refractivity contribution in [3.8, 4) is 0 Å². The first-order chi connectivity index (χ1) is 7.79. The molecule has 0 bridgehead atoms. The van der Waals surface area contributed by atoms with Crippen LogP contribution in [0.2, 0.25) is 0 Å². The second kappa shape index (κ2) is 5.46. The predicted octanol–water partition coefficient (Wildman–Crippen LogP) is 2.12. The third-order valence-corrected chi connectivity index (χ3v) is 3.72. The highest BCUT2D eigenvalue weighted by Crippen LogP contribution is 2.21. The van der Waals surface area contributed by atoms with E-state index in [-0.39, 0.29) is 0 Å². The molecule has 2 atom stereocenters. The lowest BCUT2D eigenvalue weighted by molar-refractivity contribution is 0.301. The van der Waals surface area contributed by atoms with E-state index in [1.54, 1.807) is 0 Å². The van der Waals surface area contributed by atoms with Gasteiger partial charge in [0.15, 0.2) is 0 Å². The van der Waals surface area contributed by atoms with Crippen molar-refractivity contribution >= 4 is 0 Å². The van der Waals surface area contributed by atoms with E-state index in [9.17, 15) is 0 Å². The van der Waals surface area contributed by atoms with E-state index >= 15 is 0 Å². The van der Waals surface area contributed by atoms with E-state index in [0.717, 1.165) is 12.5 Å². The molecule has 1 aromatic rings. The van der Waals surface area contributed by atoms with Gasteiger partial charge in [0.05, 0.1) is 0 Å². The van der Waals surface area contributed by atoms with Crippen LogP contribution < -0.4 is 5.32 Å². The average Bonchev–Trinajstić information content (AvgIpc) is 2.78. The Kier molecular flexibility index (Phi) is 3.97. The van der Waals surface area contributed by atoms with Crippen molar-refractivity contribution in [1.82, 2.24) is 10.2 Å². The van der Waals surface area contributed by atoms with E-state index in [1.165, 1.54) is 25.1 Å². The van der Waals surface area contributed by atoms with Crippen LogP contribution in [0.1, 0.15) is 18.9 Å². The summed E-state index contributed by atoms with van der Waals surface area (Å²) in [6.45, 7) is 5.87. The molecule has 0 spiro atoms. The average molecular weight is 218 g/mol. The molecular formula is C14H22N2. The zero-order valence-electron chi connectivity index (χ0n) is 10.3. The number of hydrogen-bond donors (Lipinski definition) is 1. The molecule has 88 valence electrons. The lowest BCUT2D eigenvalue weighted by atomic mass is 10.0. The van der Waals surface area contributed by atoms with Crippen LogP contribution in [0, 0.1) is 5.92 Å². The Morgan fingerprint density at radius 1 is 1.38 bits per heavy atom. The fourth-order valence-corrected chi connectivity index (χ4v) is 2.49. The number of likely N-dealkylation sites (tertiary alicyclic amines) is 1. The van der Waals surface area contributed by atoms with Crippen molar-refractivity contribution in [2.24, 2.45) is 5.92 Å². The fourth-order valence-electron chi connectivity index (χ4n) is 2.49. The third-order valence-electron chi connectivity index (χ3n) is 3.72. The Balaban J connectivity index is 1.85. The molecule has 2 heteroatoms. The van der Waals surface area contributed by atoms with Crippen LogP contribution in [0.3, 0.4) is 0 Å². The van der Waals surface area contributed by atoms with Gasteiger partial charge in [-0.25, -0.2) is 0 Å². The molecule has 0 radical (unpaired) electrons. The Bertz CT molecular complexity index is 310. The molecule has 16 heavy (non-hydrogen) atoms. The number of rotatable bonds is 4. The van der Waals surface area contributed by atoms with Crippen molar-refractivity contribution < 1.29 is 0 Å². The van der Waals surface area contributed by atoms with Gasteiger partial charge in [0.25, 0.3) is 0 Å². The number of benzene rings is 1. The highest BCUT2D eigenvalue weighted by atomic mass is 15.1. The van der Waals surface area contributed by atoms with Crippen LogP contribution in [-0.4, -0.2) is 31.1 Å². The van der Waals surface area contributed by atoms with E-state index in [0.29, 0.717) is 6.04 Å². The Labute approximate surface area is 98.7 Å². The third kappa shape index (κ3) is 2.83. The van der Waals surface area contributed by atoms with Gasteiger partial charge >= 0.3 is 0 Å². The topological polar surface area (TPSA) is 15.3 Å².